The van der Waals surface area contributed by atoms with E-state index >= 15 is 0 Å². The van der Waals surface area contributed by atoms with Gasteiger partial charge in [0.15, 0.2) is 6.29 Å². The van der Waals surface area contributed by atoms with Crippen LogP contribution in [0.2, 0.25) is 0 Å². The van der Waals surface area contributed by atoms with Crippen LogP contribution >= 0.6 is 0 Å². The first-order valence-electron chi connectivity index (χ1n) is 9.50. The summed E-state index contributed by atoms with van der Waals surface area (Å²) < 4.78 is 11.8. The van der Waals surface area contributed by atoms with Crippen LogP contribution in [-0.4, -0.2) is 18.5 Å². The van der Waals surface area contributed by atoms with E-state index in [1.807, 2.05) is 46.8 Å². The molecule has 1 aliphatic rings. The predicted molar refractivity (Wildman–Crippen MR) is 109 cm³/mol. The van der Waals surface area contributed by atoms with Crippen molar-refractivity contribution in [1.29, 1.82) is 0 Å². The van der Waals surface area contributed by atoms with Crippen molar-refractivity contribution in [2.24, 2.45) is 0 Å². The molecule has 2 aromatic rings. The molecule has 0 saturated heterocycles. The SMILES string of the molecule is Cc1cc(N)c(C)c(C(C=O)OC(C)(C)C)c1-c1ccc2c(c1)CCCO2. The van der Waals surface area contributed by atoms with Gasteiger partial charge in [-0.15, -0.1) is 0 Å². The molecule has 2 N–H and O–H groups in total. The van der Waals surface area contributed by atoms with E-state index in [4.69, 9.17) is 15.2 Å². The largest absolute Gasteiger partial charge is 0.493 e. The molecule has 144 valence electrons. The lowest BCUT2D eigenvalue weighted by atomic mass is 9.86. The van der Waals surface area contributed by atoms with Crippen molar-refractivity contribution in [3.05, 3.63) is 46.5 Å². The second-order valence-corrected chi connectivity index (χ2v) is 8.26. The fraction of sp³-hybridized carbons (Fsp3) is 0.435. The number of nitrogens with two attached hydrogens (primary N) is 1. The number of aryl methyl sites for hydroxylation is 2. The molecule has 1 aliphatic heterocycles. The maximum atomic E-state index is 12.0. The molecule has 0 aromatic heterocycles. The minimum absolute atomic E-state index is 0.447. The predicted octanol–water partition coefficient (Wildman–Crippen LogP) is 4.93. The molecular formula is C23H29NO3. The van der Waals surface area contributed by atoms with Gasteiger partial charge in [-0.25, -0.2) is 0 Å². The minimum Gasteiger partial charge on any atom is -0.493 e. The molecule has 1 heterocycles. The van der Waals surface area contributed by atoms with Gasteiger partial charge < -0.3 is 20.0 Å². The minimum atomic E-state index is -0.672. The zero-order valence-corrected chi connectivity index (χ0v) is 16.9. The molecule has 0 amide bonds. The smallest absolute Gasteiger partial charge is 0.153 e. The van der Waals surface area contributed by atoms with Gasteiger partial charge in [-0.2, -0.15) is 0 Å². The third kappa shape index (κ3) is 4.01. The molecular weight excluding hydrogens is 338 g/mol. The van der Waals surface area contributed by atoms with E-state index in [1.165, 1.54) is 5.56 Å². The molecule has 0 fully saturated rings. The number of ether oxygens (including phenoxy) is 2. The number of nitrogen functional groups attached to an aromatic ring is 1. The van der Waals surface area contributed by atoms with Gasteiger partial charge in [-0.3, -0.25) is 0 Å². The van der Waals surface area contributed by atoms with Crippen LogP contribution < -0.4 is 10.5 Å². The van der Waals surface area contributed by atoms with Gasteiger partial charge >= 0.3 is 0 Å². The highest BCUT2D eigenvalue weighted by molar-refractivity contribution is 5.81. The lowest BCUT2D eigenvalue weighted by molar-refractivity contribution is -0.128. The molecule has 0 saturated carbocycles. The molecule has 27 heavy (non-hydrogen) atoms. The maximum Gasteiger partial charge on any atom is 0.153 e. The molecule has 1 atom stereocenters. The lowest BCUT2D eigenvalue weighted by Crippen LogP contribution is -2.24. The van der Waals surface area contributed by atoms with Crippen molar-refractivity contribution in [3.8, 4) is 16.9 Å². The Hall–Kier alpha value is -2.33. The zero-order valence-electron chi connectivity index (χ0n) is 16.9. The third-order valence-electron chi connectivity index (χ3n) is 4.96. The molecule has 0 spiro atoms. The number of hydrogen-bond donors (Lipinski definition) is 1. The first kappa shape index (κ1) is 19.4. The Morgan fingerprint density at radius 1 is 1.22 bits per heavy atom. The molecule has 2 aromatic carbocycles. The monoisotopic (exact) mass is 367 g/mol. The van der Waals surface area contributed by atoms with Gasteiger partial charge in [0.1, 0.15) is 11.9 Å². The summed E-state index contributed by atoms with van der Waals surface area (Å²) in [4.78, 5) is 12.0. The van der Waals surface area contributed by atoms with E-state index in [-0.39, 0.29) is 0 Å². The Morgan fingerprint density at radius 2 is 1.96 bits per heavy atom. The van der Waals surface area contributed by atoms with Gasteiger partial charge in [0.25, 0.3) is 0 Å². The summed E-state index contributed by atoms with van der Waals surface area (Å²) in [5.41, 5.74) is 12.6. The second-order valence-electron chi connectivity index (χ2n) is 8.26. The second kappa shape index (κ2) is 7.35. The molecule has 4 nitrogen and oxygen atoms in total. The third-order valence-corrected chi connectivity index (χ3v) is 4.96. The number of hydrogen-bond acceptors (Lipinski definition) is 4. The highest BCUT2D eigenvalue weighted by Gasteiger charge is 2.27. The van der Waals surface area contributed by atoms with Crippen molar-refractivity contribution < 1.29 is 14.3 Å². The van der Waals surface area contributed by atoms with E-state index in [9.17, 15) is 4.79 Å². The summed E-state index contributed by atoms with van der Waals surface area (Å²) in [6, 6.07) is 8.24. The van der Waals surface area contributed by atoms with E-state index in [1.54, 1.807) is 0 Å². The van der Waals surface area contributed by atoms with Gasteiger partial charge in [-0.1, -0.05) is 6.07 Å². The van der Waals surface area contributed by atoms with E-state index in [2.05, 4.69) is 12.1 Å². The molecule has 1 unspecified atom stereocenters. The van der Waals surface area contributed by atoms with Crippen molar-refractivity contribution in [3.63, 3.8) is 0 Å². The van der Waals surface area contributed by atoms with Gasteiger partial charge in [0.05, 0.1) is 12.2 Å². The summed E-state index contributed by atoms with van der Waals surface area (Å²) in [5.74, 6) is 0.953. The fourth-order valence-corrected chi connectivity index (χ4v) is 3.76. The fourth-order valence-electron chi connectivity index (χ4n) is 3.76. The maximum absolute atomic E-state index is 12.0. The number of carbonyl (C=O) groups is 1. The number of fused-ring (bicyclic) bond motifs is 1. The van der Waals surface area contributed by atoms with Crippen LogP contribution in [0.3, 0.4) is 0 Å². The molecule has 4 heteroatoms. The number of rotatable bonds is 4. The normalized spacial score (nSPS) is 15.0. The average Bonchev–Trinajstić information content (AvgIpc) is 2.61. The summed E-state index contributed by atoms with van der Waals surface area (Å²) in [6.07, 6.45) is 2.22. The highest BCUT2D eigenvalue weighted by atomic mass is 16.5. The van der Waals surface area contributed by atoms with E-state index in [0.717, 1.165) is 59.3 Å². The quantitative estimate of drug-likeness (QED) is 0.615. The van der Waals surface area contributed by atoms with E-state index in [0.29, 0.717) is 5.69 Å². The van der Waals surface area contributed by atoms with Crippen LogP contribution in [0.5, 0.6) is 5.75 Å². The first-order chi connectivity index (χ1) is 12.7. The molecule has 0 radical (unpaired) electrons. The topological polar surface area (TPSA) is 61.6 Å². The number of anilines is 1. The highest BCUT2D eigenvalue weighted by Crippen LogP contribution is 2.40. The van der Waals surface area contributed by atoms with Gasteiger partial charge in [0, 0.05) is 11.3 Å². The van der Waals surface area contributed by atoms with Crippen molar-refractivity contribution in [2.45, 2.75) is 59.2 Å². The molecule has 0 aliphatic carbocycles. The Morgan fingerprint density at radius 3 is 2.63 bits per heavy atom. The Labute approximate surface area is 161 Å². The number of benzene rings is 2. The first-order valence-corrected chi connectivity index (χ1v) is 9.50. The van der Waals surface area contributed by atoms with Crippen LogP contribution in [0.25, 0.3) is 11.1 Å². The molecule has 0 bridgehead atoms. The Balaban J connectivity index is 2.20. The summed E-state index contributed by atoms with van der Waals surface area (Å²) in [6.45, 7) is 10.6. The molecule has 3 rings (SSSR count). The van der Waals surface area contributed by atoms with Gasteiger partial charge in [-0.05, 0) is 93.5 Å². The van der Waals surface area contributed by atoms with Crippen LogP contribution in [0.4, 0.5) is 5.69 Å². The van der Waals surface area contributed by atoms with Crippen LogP contribution in [0, 0.1) is 13.8 Å². The number of aldehydes is 1. The Kier molecular flexibility index (Phi) is 5.29. The lowest BCUT2D eigenvalue weighted by Gasteiger charge is -2.28. The van der Waals surface area contributed by atoms with Crippen molar-refractivity contribution in [1.82, 2.24) is 0 Å². The summed E-state index contributed by atoms with van der Waals surface area (Å²) >= 11 is 0. The van der Waals surface area contributed by atoms with Crippen LogP contribution in [0.15, 0.2) is 24.3 Å². The van der Waals surface area contributed by atoms with Crippen LogP contribution in [-0.2, 0) is 16.0 Å². The Bertz CT molecular complexity index is 865. The standard InChI is InChI=1S/C23H29NO3/c1-14-11-18(24)15(2)22(20(13-25)27-23(3,4)5)21(14)17-8-9-19-16(12-17)7-6-10-26-19/h8-9,11-13,20H,6-7,10,24H2,1-5H3. The van der Waals surface area contributed by atoms with Gasteiger partial charge in [0.2, 0.25) is 0 Å². The zero-order chi connectivity index (χ0) is 19.8. The summed E-state index contributed by atoms with van der Waals surface area (Å²) in [5, 5.41) is 0. The van der Waals surface area contributed by atoms with Crippen molar-refractivity contribution in [2.75, 3.05) is 12.3 Å². The van der Waals surface area contributed by atoms with Crippen LogP contribution in [0.1, 0.15) is 55.5 Å². The summed E-state index contributed by atoms with van der Waals surface area (Å²) in [7, 11) is 0. The van der Waals surface area contributed by atoms with E-state index < -0.39 is 11.7 Å². The number of carbonyl (C=O) groups excluding carboxylic acids is 1. The average molecular weight is 367 g/mol. The van der Waals surface area contributed by atoms with Crippen molar-refractivity contribution >= 4 is 12.0 Å².